The summed E-state index contributed by atoms with van der Waals surface area (Å²) >= 11 is 0. The van der Waals surface area contributed by atoms with Crippen molar-refractivity contribution in [3.05, 3.63) is 49.4 Å². The molecule has 0 atom stereocenters. The van der Waals surface area contributed by atoms with Crippen LogP contribution in [0.4, 0.5) is 0 Å². The zero-order chi connectivity index (χ0) is 17.4. The van der Waals surface area contributed by atoms with E-state index in [1.165, 1.54) is 25.4 Å². The third-order valence-electron chi connectivity index (χ3n) is 3.66. The number of fused-ring (bicyclic) bond motifs is 2. The van der Waals surface area contributed by atoms with Gasteiger partial charge in [-0.15, -0.1) is 0 Å². The molecule has 24 heavy (non-hydrogen) atoms. The molecule has 122 valence electrons. The lowest BCUT2D eigenvalue weighted by Gasteiger charge is -2.07. The summed E-state index contributed by atoms with van der Waals surface area (Å²) in [6.45, 7) is 0. The van der Waals surface area contributed by atoms with E-state index in [0.717, 1.165) is 6.07 Å². The molecule has 4 N–H and O–H groups in total. The van der Waals surface area contributed by atoms with Crippen LogP contribution in [0.25, 0.3) is 28.3 Å². The van der Waals surface area contributed by atoms with Gasteiger partial charge < -0.3 is 20.7 Å². The minimum atomic E-state index is -0.496. The standard InChI is InChI=1S/C16H14N4O4/c1-17-6-8-10(22)5-11(23)15-13(8)20-14-9(21)4-3-7(12(14)19-15)16(24)18-2/h3-6,17,19,22H,1-2H3,(H,18,24). The van der Waals surface area contributed by atoms with Crippen molar-refractivity contribution in [1.82, 2.24) is 20.6 Å². The van der Waals surface area contributed by atoms with Gasteiger partial charge in [-0.3, -0.25) is 14.4 Å². The molecule has 0 radical (unpaired) electrons. The van der Waals surface area contributed by atoms with Gasteiger partial charge in [-0.05, 0) is 12.1 Å². The third kappa shape index (κ3) is 2.24. The van der Waals surface area contributed by atoms with Crippen LogP contribution in [0.1, 0.15) is 10.4 Å². The van der Waals surface area contributed by atoms with Crippen LogP contribution in [0.15, 0.2) is 27.8 Å². The van der Waals surface area contributed by atoms with Gasteiger partial charge in [-0.25, -0.2) is 4.98 Å². The molecule has 3 rings (SSSR count). The van der Waals surface area contributed by atoms with Crippen molar-refractivity contribution >= 4 is 34.2 Å². The Labute approximate surface area is 134 Å². The molecule has 0 bridgehead atoms. The Kier molecular flexibility index (Phi) is 3.64. The predicted molar refractivity (Wildman–Crippen MR) is 89.9 cm³/mol. The van der Waals surface area contributed by atoms with Gasteiger partial charge in [0.1, 0.15) is 22.3 Å². The van der Waals surface area contributed by atoms with Gasteiger partial charge in [0.05, 0.1) is 16.3 Å². The Balaban J connectivity index is 2.60. The van der Waals surface area contributed by atoms with Crippen LogP contribution in [0.5, 0.6) is 5.75 Å². The van der Waals surface area contributed by atoms with Gasteiger partial charge in [0.2, 0.25) is 10.9 Å². The van der Waals surface area contributed by atoms with E-state index in [1.807, 2.05) is 0 Å². The molecule has 1 amide bonds. The van der Waals surface area contributed by atoms with E-state index >= 15 is 0 Å². The zero-order valence-electron chi connectivity index (χ0n) is 12.9. The number of aromatic amines is 1. The van der Waals surface area contributed by atoms with Crippen molar-refractivity contribution in [1.29, 1.82) is 0 Å². The van der Waals surface area contributed by atoms with Crippen molar-refractivity contribution in [3.63, 3.8) is 0 Å². The third-order valence-corrected chi connectivity index (χ3v) is 3.66. The molecular formula is C16H14N4O4. The number of hydrogen-bond acceptors (Lipinski definition) is 6. The van der Waals surface area contributed by atoms with Gasteiger partial charge in [-0.1, -0.05) is 0 Å². The molecule has 1 aromatic heterocycles. The largest absolute Gasteiger partial charge is 0.507 e. The number of amides is 1. The predicted octanol–water partition coefficient (Wildman–Crippen LogP) is -0.822. The van der Waals surface area contributed by atoms with E-state index < -0.39 is 16.8 Å². The Morgan fingerprint density at radius 1 is 1.17 bits per heavy atom. The number of aromatic nitrogens is 2. The number of hydrogen-bond donors (Lipinski definition) is 4. The summed E-state index contributed by atoms with van der Waals surface area (Å²) in [6, 6.07) is 3.66. The average Bonchev–Trinajstić information content (AvgIpc) is 2.57. The lowest BCUT2D eigenvalue weighted by molar-refractivity contribution is 0.0964. The highest BCUT2D eigenvalue weighted by Crippen LogP contribution is 2.15. The van der Waals surface area contributed by atoms with Crippen molar-refractivity contribution in [3.8, 4) is 5.75 Å². The molecule has 0 unspecified atom stereocenters. The number of benzene rings is 2. The van der Waals surface area contributed by atoms with Crippen molar-refractivity contribution in [2.24, 2.45) is 0 Å². The molecule has 0 fully saturated rings. The van der Waals surface area contributed by atoms with Crippen LogP contribution in [-0.2, 0) is 0 Å². The van der Waals surface area contributed by atoms with E-state index in [9.17, 15) is 19.5 Å². The topological polar surface area (TPSA) is 124 Å². The summed E-state index contributed by atoms with van der Waals surface area (Å²) in [6.07, 6.45) is 1.47. The van der Waals surface area contributed by atoms with E-state index in [4.69, 9.17) is 0 Å². The zero-order valence-corrected chi connectivity index (χ0v) is 12.9. The quantitative estimate of drug-likeness (QED) is 0.456. The average molecular weight is 326 g/mol. The maximum atomic E-state index is 12.2. The molecule has 2 aromatic carbocycles. The maximum Gasteiger partial charge on any atom is 0.253 e. The van der Waals surface area contributed by atoms with Gasteiger partial charge in [0.15, 0.2) is 0 Å². The molecule has 0 saturated heterocycles. The molecule has 0 aliphatic carbocycles. The van der Waals surface area contributed by atoms with Crippen LogP contribution in [-0.4, -0.2) is 35.1 Å². The van der Waals surface area contributed by atoms with E-state index in [-0.39, 0.29) is 38.6 Å². The molecular weight excluding hydrogens is 312 g/mol. The highest BCUT2D eigenvalue weighted by molar-refractivity contribution is 6.05. The lowest BCUT2D eigenvalue weighted by Crippen LogP contribution is -2.22. The van der Waals surface area contributed by atoms with Crippen molar-refractivity contribution in [2.45, 2.75) is 0 Å². The number of H-pyrrole nitrogens is 1. The smallest absolute Gasteiger partial charge is 0.253 e. The summed E-state index contributed by atoms with van der Waals surface area (Å²) < 4.78 is 0. The first kappa shape index (κ1) is 15.5. The number of nitrogens with zero attached hydrogens (tertiary/aromatic N) is 1. The number of rotatable bonds is 2. The second kappa shape index (κ2) is 5.65. The molecule has 0 aliphatic rings. The first-order chi connectivity index (χ1) is 11.5. The van der Waals surface area contributed by atoms with Crippen LogP contribution in [0.2, 0.25) is 0 Å². The Bertz CT molecular complexity index is 1150. The fourth-order valence-electron chi connectivity index (χ4n) is 2.54. The van der Waals surface area contributed by atoms with E-state index in [0.29, 0.717) is 0 Å². The summed E-state index contributed by atoms with van der Waals surface area (Å²) in [7, 11) is 3.09. The Morgan fingerprint density at radius 2 is 1.92 bits per heavy atom. The number of phenolic OH excluding ortho intramolecular Hbond substituents is 1. The number of nitrogens with one attached hydrogen (secondary N) is 3. The minimum Gasteiger partial charge on any atom is -0.507 e. The van der Waals surface area contributed by atoms with Gasteiger partial charge >= 0.3 is 0 Å². The minimum absolute atomic E-state index is 0.0133. The summed E-state index contributed by atoms with van der Waals surface area (Å²) in [5.41, 5.74) is -0.267. The van der Waals surface area contributed by atoms with E-state index in [1.54, 1.807) is 7.05 Å². The Hall–Kier alpha value is -3.42. The number of aromatic hydroxyl groups is 1. The highest BCUT2D eigenvalue weighted by atomic mass is 16.3. The van der Waals surface area contributed by atoms with Gasteiger partial charge in [-0.2, -0.15) is 0 Å². The van der Waals surface area contributed by atoms with Crippen LogP contribution in [0, 0.1) is 0 Å². The normalized spacial score (nSPS) is 11.8. The number of phenols is 1. The SMILES string of the molecule is CNC=c1c(O)cc(=O)c2[nH]c3c(C(=O)NC)ccc(=O)c3nc12. The lowest BCUT2D eigenvalue weighted by atomic mass is 10.1. The van der Waals surface area contributed by atoms with Crippen LogP contribution in [0.3, 0.4) is 0 Å². The fourth-order valence-corrected chi connectivity index (χ4v) is 2.54. The van der Waals surface area contributed by atoms with Crippen LogP contribution < -0.4 is 26.7 Å². The summed E-state index contributed by atoms with van der Waals surface area (Å²) in [5.74, 6) is -0.664. The maximum absolute atomic E-state index is 12.2. The first-order valence-electron chi connectivity index (χ1n) is 7.10. The van der Waals surface area contributed by atoms with Gasteiger partial charge in [0.25, 0.3) is 5.91 Å². The Morgan fingerprint density at radius 3 is 2.58 bits per heavy atom. The molecule has 3 aromatic rings. The van der Waals surface area contributed by atoms with Crippen molar-refractivity contribution < 1.29 is 9.90 Å². The first-order valence-corrected chi connectivity index (χ1v) is 7.10. The summed E-state index contributed by atoms with van der Waals surface area (Å²) in [4.78, 5) is 43.4. The monoisotopic (exact) mass is 326 g/mol. The number of carbonyl (C=O) groups is 1. The second-order valence-corrected chi connectivity index (χ2v) is 5.11. The second-order valence-electron chi connectivity index (χ2n) is 5.11. The highest BCUT2D eigenvalue weighted by Gasteiger charge is 2.15. The van der Waals surface area contributed by atoms with E-state index in [2.05, 4.69) is 20.6 Å². The van der Waals surface area contributed by atoms with Crippen molar-refractivity contribution in [2.75, 3.05) is 14.1 Å². The van der Waals surface area contributed by atoms with Gasteiger partial charge in [0, 0.05) is 26.4 Å². The summed E-state index contributed by atoms with van der Waals surface area (Å²) in [5, 5.41) is 15.5. The number of carbonyl (C=O) groups excluding carboxylic acids is 1. The fraction of sp³-hybridized carbons (Fsp3) is 0.125. The molecule has 1 heterocycles. The molecule has 0 spiro atoms. The molecule has 8 heteroatoms. The molecule has 8 nitrogen and oxygen atoms in total. The molecule has 0 saturated carbocycles. The van der Waals surface area contributed by atoms with Crippen LogP contribution >= 0.6 is 0 Å². The molecule has 0 aliphatic heterocycles.